The largest absolute Gasteiger partial charge is 0.448 e. The zero-order chi connectivity index (χ0) is 16.9. The lowest BCUT2D eigenvalue weighted by Crippen LogP contribution is -2.50. The lowest BCUT2D eigenvalue weighted by molar-refractivity contribution is -0.127. The Morgan fingerprint density at radius 2 is 1.95 bits per heavy atom. The molecule has 0 aromatic carbocycles. The number of amides is 3. The number of imide groups is 1. The molecule has 0 aliphatic rings. The second-order valence-electron chi connectivity index (χ2n) is 5.60. The lowest BCUT2D eigenvalue weighted by atomic mass is 10.1. The van der Waals surface area contributed by atoms with E-state index in [4.69, 9.17) is 16.3 Å². The molecule has 8 heteroatoms. The van der Waals surface area contributed by atoms with Crippen LogP contribution in [0.5, 0.6) is 0 Å². The third-order valence-corrected chi connectivity index (χ3v) is 2.54. The van der Waals surface area contributed by atoms with Gasteiger partial charge in [0, 0.05) is 16.8 Å². The molecule has 3 amide bonds. The van der Waals surface area contributed by atoms with Crippen LogP contribution in [0, 0.1) is 0 Å². The summed E-state index contributed by atoms with van der Waals surface area (Å²) < 4.78 is 4.93. The molecule has 1 atom stereocenters. The molecule has 0 bridgehead atoms. The van der Waals surface area contributed by atoms with Crippen molar-refractivity contribution in [1.82, 2.24) is 15.6 Å². The van der Waals surface area contributed by atoms with E-state index in [1.165, 1.54) is 25.3 Å². The normalized spacial score (nSPS) is 12.2. The fraction of sp³-hybridized carbons (Fsp3) is 0.429. The van der Waals surface area contributed by atoms with Gasteiger partial charge in [0.25, 0.3) is 5.91 Å². The van der Waals surface area contributed by atoms with Crippen LogP contribution in [0.4, 0.5) is 4.79 Å². The van der Waals surface area contributed by atoms with Crippen LogP contribution in [-0.2, 0) is 9.53 Å². The molecule has 0 unspecified atom stereocenters. The van der Waals surface area contributed by atoms with Crippen LogP contribution in [0.3, 0.4) is 0 Å². The summed E-state index contributed by atoms with van der Waals surface area (Å²) in [7, 11) is 0. The van der Waals surface area contributed by atoms with Crippen LogP contribution in [0.25, 0.3) is 0 Å². The Hall–Kier alpha value is -2.15. The minimum absolute atomic E-state index is 0.0220. The Balaban J connectivity index is 2.57. The summed E-state index contributed by atoms with van der Waals surface area (Å²) in [6.45, 7) is 6.66. The van der Waals surface area contributed by atoms with Crippen LogP contribution in [0.15, 0.2) is 18.3 Å². The van der Waals surface area contributed by atoms with Crippen molar-refractivity contribution in [3.63, 3.8) is 0 Å². The van der Waals surface area contributed by atoms with Gasteiger partial charge in [-0.25, -0.2) is 14.6 Å². The first-order valence-electron chi connectivity index (χ1n) is 6.54. The van der Waals surface area contributed by atoms with E-state index in [0.29, 0.717) is 5.02 Å². The van der Waals surface area contributed by atoms with Gasteiger partial charge in [-0.3, -0.25) is 10.1 Å². The van der Waals surface area contributed by atoms with Gasteiger partial charge in [-0.15, -0.1) is 0 Å². The predicted molar refractivity (Wildman–Crippen MR) is 80.6 cm³/mol. The van der Waals surface area contributed by atoms with E-state index in [9.17, 15) is 14.4 Å². The topological polar surface area (TPSA) is 97.4 Å². The fourth-order valence-electron chi connectivity index (χ4n) is 1.38. The van der Waals surface area contributed by atoms with Gasteiger partial charge in [-0.1, -0.05) is 11.6 Å². The van der Waals surface area contributed by atoms with Gasteiger partial charge in [0.2, 0.25) is 0 Å². The van der Waals surface area contributed by atoms with Crippen molar-refractivity contribution in [2.75, 3.05) is 0 Å². The van der Waals surface area contributed by atoms with Gasteiger partial charge in [-0.2, -0.15) is 0 Å². The predicted octanol–water partition coefficient (Wildman–Crippen LogP) is 1.90. The first-order valence-corrected chi connectivity index (χ1v) is 6.92. The van der Waals surface area contributed by atoms with E-state index >= 15 is 0 Å². The Bertz CT molecular complexity index is 584. The molecule has 0 saturated heterocycles. The molecular formula is C14H18ClN3O4. The van der Waals surface area contributed by atoms with E-state index in [0.717, 1.165) is 0 Å². The minimum Gasteiger partial charge on any atom is -0.448 e. The fourth-order valence-corrected chi connectivity index (χ4v) is 1.54. The summed E-state index contributed by atoms with van der Waals surface area (Å²) >= 11 is 5.74. The Kier molecular flexibility index (Phi) is 5.87. The Morgan fingerprint density at radius 3 is 2.50 bits per heavy atom. The molecule has 1 aromatic rings. The molecule has 1 heterocycles. The summed E-state index contributed by atoms with van der Waals surface area (Å²) in [5.74, 6) is -1.54. The average molecular weight is 328 g/mol. The zero-order valence-corrected chi connectivity index (χ0v) is 13.5. The van der Waals surface area contributed by atoms with Gasteiger partial charge in [-0.05, 0) is 39.8 Å². The van der Waals surface area contributed by atoms with Crippen LogP contribution in [-0.4, -0.2) is 34.5 Å². The summed E-state index contributed by atoms with van der Waals surface area (Å²) in [6.07, 6.45) is 0.194. The quantitative estimate of drug-likeness (QED) is 0.826. The number of nitrogens with zero attached hydrogens (tertiary/aromatic N) is 1. The number of nitrogens with one attached hydrogen (secondary N) is 2. The smallest absolute Gasteiger partial charge is 0.357 e. The van der Waals surface area contributed by atoms with Gasteiger partial charge < -0.3 is 10.1 Å². The molecule has 0 radical (unpaired) electrons. The van der Waals surface area contributed by atoms with Gasteiger partial charge >= 0.3 is 12.0 Å². The number of urea groups is 1. The van der Waals surface area contributed by atoms with Crippen molar-refractivity contribution >= 4 is 29.5 Å². The molecule has 1 aromatic heterocycles. The van der Waals surface area contributed by atoms with E-state index in [1.54, 1.807) is 20.8 Å². The number of hydrogen-bond donors (Lipinski definition) is 2. The van der Waals surface area contributed by atoms with E-state index < -0.39 is 29.6 Å². The molecule has 0 saturated carbocycles. The van der Waals surface area contributed by atoms with Gasteiger partial charge in [0.1, 0.15) is 5.69 Å². The third kappa shape index (κ3) is 6.09. The highest BCUT2D eigenvalue weighted by Crippen LogP contribution is 2.09. The molecule has 0 spiro atoms. The van der Waals surface area contributed by atoms with Crippen molar-refractivity contribution in [1.29, 1.82) is 0 Å². The first kappa shape index (κ1) is 17.9. The standard InChI is InChI=1S/C14H18ClN3O4/c1-8(11(19)17-13(21)18-14(2,3)4)22-12(20)10-7-9(15)5-6-16-10/h5-8H,1-4H3,(H2,17,18,19,21)/t8-/m0/s1. The van der Waals surface area contributed by atoms with Crippen LogP contribution in [0.2, 0.25) is 5.02 Å². The lowest BCUT2D eigenvalue weighted by Gasteiger charge is -2.21. The van der Waals surface area contributed by atoms with Crippen molar-refractivity contribution in [2.45, 2.75) is 39.3 Å². The first-order chi connectivity index (χ1) is 10.1. The highest BCUT2D eigenvalue weighted by Gasteiger charge is 2.23. The number of carbonyl (C=O) groups is 3. The zero-order valence-electron chi connectivity index (χ0n) is 12.8. The average Bonchev–Trinajstić information content (AvgIpc) is 2.36. The second kappa shape index (κ2) is 7.22. The van der Waals surface area contributed by atoms with Crippen molar-refractivity contribution in [3.05, 3.63) is 29.0 Å². The molecule has 0 fully saturated rings. The summed E-state index contributed by atoms with van der Waals surface area (Å²) in [5.41, 5.74) is -0.513. The van der Waals surface area contributed by atoms with E-state index in [-0.39, 0.29) is 5.69 Å². The number of hydrogen-bond acceptors (Lipinski definition) is 5. The number of carbonyl (C=O) groups excluding carboxylic acids is 3. The van der Waals surface area contributed by atoms with Gasteiger partial charge in [0.15, 0.2) is 6.10 Å². The monoisotopic (exact) mass is 327 g/mol. The molecule has 0 aliphatic heterocycles. The number of ether oxygens (including phenoxy) is 1. The van der Waals surface area contributed by atoms with E-state index in [1.807, 2.05) is 0 Å². The van der Waals surface area contributed by atoms with Gasteiger partial charge in [0.05, 0.1) is 0 Å². The van der Waals surface area contributed by atoms with Crippen molar-refractivity contribution in [3.8, 4) is 0 Å². The summed E-state index contributed by atoms with van der Waals surface area (Å²) in [4.78, 5) is 38.9. The summed E-state index contributed by atoms with van der Waals surface area (Å²) in [6, 6.07) is 2.16. The molecule has 22 heavy (non-hydrogen) atoms. The van der Waals surface area contributed by atoms with Crippen LogP contribution >= 0.6 is 11.6 Å². The maximum absolute atomic E-state index is 11.8. The SMILES string of the molecule is C[C@H](OC(=O)c1cc(Cl)ccn1)C(=O)NC(=O)NC(C)(C)C. The number of pyridine rings is 1. The second-order valence-corrected chi connectivity index (χ2v) is 6.04. The highest BCUT2D eigenvalue weighted by molar-refractivity contribution is 6.30. The summed E-state index contributed by atoms with van der Waals surface area (Å²) in [5, 5.41) is 4.97. The molecule has 2 N–H and O–H groups in total. The highest BCUT2D eigenvalue weighted by atomic mass is 35.5. The van der Waals surface area contributed by atoms with E-state index in [2.05, 4.69) is 15.6 Å². The molecular weight excluding hydrogens is 310 g/mol. The Morgan fingerprint density at radius 1 is 1.32 bits per heavy atom. The number of aromatic nitrogens is 1. The minimum atomic E-state index is -1.15. The Labute approximate surface area is 133 Å². The van der Waals surface area contributed by atoms with Crippen molar-refractivity contribution in [2.24, 2.45) is 0 Å². The molecule has 0 aliphatic carbocycles. The molecule has 120 valence electrons. The molecule has 7 nitrogen and oxygen atoms in total. The van der Waals surface area contributed by atoms with Crippen LogP contribution < -0.4 is 10.6 Å². The third-order valence-electron chi connectivity index (χ3n) is 2.31. The number of halogens is 1. The van der Waals surface area contributed by atoms with Crippen LogP contribution in [0.1, 0.15) is 38.2 Å². The van der Waals surface area contributed by atoms with Crippen molar-refractivity contribution < 1.29 is 19.1 Å². The number of rotatable bonds is 3. The number of esters is 1. The maximum Gasteiger partial charge on any atom is 0.357 e. The molecule has 1 rings (SSSR count). The maximum atomic E-state index is 11.8.